The molecule has 9 heteroatoms. The Morgan fingerprint density at radius 2 is 1.94 bits per heavy atom. The Labute approximate surface area is 97.5 Å². The highest BCUT2D eigenvalue weighted by molar-refractivity contribution is 5.69. The summed E-state index contributed by atoms with van der Waals surface area (Å²) < 4.78 is 37.7. The van der Waals surface area contributed by atoms with E-state index in [1.54, 1.807) is 6.92 Å². The quantitative estimate of drug-likeness (QED) is 0.828. The van der Waals surface area contributed by atoms with Crippen molar-refractivity contribution >= 4 is 11.2 Å². The fourth-order valence-corrected chi connectivity index (χ4v) is 1.66. The minimum atomic E-state index is -4.43. The van der Waals surface area contributed by atoms with E-state index in [0.29, 0.717) is 0 Å². The SMILES string of the molecule is CCn1c(=O)[nH]c(=O)c2[nH]c(CC(F)(F)F)nc21. The van der Waals surface area contributed by atoms with E-state index in [-0.39, 0.29) is 17.7 Å². The van der Waals surface area contributed by atoms with E-state index >= 15 is 0 Å². The Kier molecular flexibility index (Phi) is 2.76. The van der Waals surface area contributed by atoms with E-state index in [0.717, 1.165) is 4.57 Å². The molecule has 0 radical (unpaired) electrons. The van der Waals surface area contributed by atoms with E-state index in [1.807, 2.05) is 4.98 Å². The van der Waals surface area contributed by atoms with E-state index in [1.165, 1.54) is 0 Å². The smallest absolute Gasteiger partial charge is 0.336 e. The number of H-pyrrole nitrogens is 2. The Morgan fingerprint density at radius 3 is 2.50 bits per heavy atom. The van der Waals surface area contributed by atoms with Gasteiger partial charge in [0, 0.05) is 6.54 Å². The number of nitrogens with zero attached hydrogens (tertiary/aromatic N) is 2. The third-order valence-corrected chi connectivity index (χ3v) is 2.37. The summed E-state index contributed by atoms with van der Waals surface area (Å²) in [5, 5.41) is 0. The number of halogens is 3. The summed E-state index contributed by atoms with van der Waals surface area (Å²) in [5.41, 5.74) is -1.66. The Hall–Kier alpha value is -2.06. The van der Waals surface area contributed by atoms with Crippen molar-refractivity contribution in [3.05, 3.63) is 26.7 Å². The number of rotatable bonds is 2. The first-order valence-corrected chi connectivity index (χ1v) is 5.10. The number of aryl methyl sites for hydroxylation is 1. The summed E-state index contributed by atoms with van der Waals surface area (Å²) in [7, 11) is 0. The van der Waals surface area contributed by atoms with Gasteiger partial charge < -0.3 is 4.98 Å². The van der Waals surface area contributed by atoms with Crippen LogP contribution in [0.3, 0.4) is 0 Å². The molecule has 0 aliphatic heterocycles. The number of fused-ring (bicyclic) bond motifs is 1. The van der Waals surface area contributed by atoms with Crippen molar-refractivity contribution in [3.63, 3.8) is 0 Å². The summed E-state index contributed by atoms with van der Waals surface area (Å²) in [4.78, 5) is 30.8. The molecule has 98 valence electrons. The van der Waals surface area contributed by atoms with Gasteiger partial charge in [0.1, 0.15) is 17.8 Å². The van der Waals surface area contributed by atoms with E-state index in [2.05, 4.69) is 9.97 Å². The number of aromatic amines is 2. The minimum Gasteiger partial charge on any atom is -0.336 e. The molecule has 0 bridgehead atoms. The van der Waals surface area contributed by atoms with Crippen LogP contribution in [-0.4, -0.2) is 25.7 Å². The summed E-state index contributed by atoms with van der Waals surface area (Å²) >= 11 is 0. The summed E-state index contributed by atoms with van der Waals surface area (Å²) in [5.74, 6) is -0.393. The molecular formula is C9H9F3N4O2. The highest BCUT2D eigenvalue weighted by Crippen LogP contribution is 2.20. The lowest BCUT2D eigenvalue weighted by Gasteiger charge is -2.01. The molecule has 0 aliphatic carbocycles. The standard InChI is InChI=1S/C9H9F3N4O2/c1-2-16-6-5(7(17)15-8(16)18)13-4(14-6)3-9(10,11)12/h2-3H2,1H3,(H,13,14)(H,15,17,18). The predicted molar refractivity (Wildman–Crippen MR) is 56.4 cm³/mol. The Balaban J connectivity index is 2.67. The third-order valence-electron chi connectivity index (χ3n) is 2.37. The van der Waals surface area contributed by atoms with Gasteiger partial charge in [0.2, 0.25) is 0 Å². The van der Waals surface area contributed by atoms with Crippen molar-refractivity contribution < 1.29 is 13.2 Å². The molecule has 0 atom stereocenters. The van der Waals surface area contributed by atoms with Crippen LogP contribution in [0.1, 0.15) is 12.7 Å². The van der Waals surface area contributed by atoms with Crippen molar-refractivity contribution in [3.8, 4) is 0 Å². The van der Waals surface area contributed by atoms with Crippen LogP contribution in [0.5, 0.6) is 0 Å². The van der Waals surface area contributed by atoms with Gasteiger partial charge in [-0.05, 0) is 6.92 Å². The molecule has 0 unspecified atom stereocenters. The highest BCUT2D eigenvalue weighted by atomic mass is 19.4. The maximum absolute atomic E-state index is 12.2. The topological polar surface area (TPSA) is 83.5 Å². The maximum atomic E-state index is 12.2. The average Bonchev–Trinajstić information content (AvgIpc) is 2.59. The van der Waals surface area contributed by atoms with Gasteiger partial charge >= 0.3 is 11.9 Å². The molecule has 2 aromatic rings. The molecule has 0 saturated heterocycles. The monoisotopic (exact) mass is 262 g/mol. The molecule has 0 aromatic carbocycles. The van der Waals surface area contributed by atoms with Gasteiger partial charge in [-0.3, -0.25) is 14.3 Å². The van der Waals surface area contributed by atoms with Crippen LogP contribution in [0, 0.1) is 0 Å². The minimum absolute atomic E-state index is 0.0644. The number of hydrogen-bond acceptors (Lipinski definition) is 3. The van der Waals surface area contributed by atoms with Crippen molar-refractivity contribution in [1.29, 1.82) is 0 Å². The van der Waals surface area contributed by atoms with Crippen molar-refractivity contribution in [2.24, 2.45) is 0 Å². The molecule has 18 heavy (non-hydrogen) atoms. The Bertz CT molecular complexity index is 694. The van der Waals surface area contributed by atoms with Gasteiger partial charge in [-0.2, -0.15) is 13.2 Å². The van der Waals surface area contributed by atoms with Gasteiger partial charge in [-0.15, -0.1) is 0 Å². The van der Waals surface area contributed by atoms with Crippen LogP contribution >= 0.6 is 0 Å². The molecule has 2 aromatic heterocycles. The van der Waals surface area contributed by atoms with Gasteiger partial charge in [-0.1, -0.05) is 0 Å². The summed E-state index contributed by atoms with van der Waals surface area (Å²) in [6.07, 6.45) is -5.71. The van der Waals surface area contributed by atoms with Crippen molar-refractivity contribution in [2.75, 3.05) is 0 Å². The number of alkyl halides is 3. The molecule has 2 rings (SSSR count). The number of imidazole rings is 1. The van der Waals surface area contributed by atoms with Crippen LogP contribution in [0.4, 0.5) is 13.2 Å². The summed E-state index contributed by atoms with van der Waals surface area (Å²) in [6.45, 7) is 1.82. The molecule has 2 heterocycles. The molecule has 0 saturated carbocycles. The number of hydrogen-bond donors (Lipinski definition) is 2. The zero-order valence-electron chi connectivity index (χ0n) is 9.26. The molecule has 0 amide bonds. The first-order chi connectivity index (χ1) is 8.31. The van der Waals surface area contributed by atoms with Gasteiger partial charge in [0.25, 0.3) is 5.56 Å². The fraction of sp³-hybridized carbons (Fsp3) is 0.444. The molecule has 6 nitrogen and oxygen atoms in total. The van der Waals surface area contributed by atoms with Crippen LogP contribution in [0.15, 0.2) is 9.59 Å². The third kappa shape index (κ3) is 2.15. The molecule has 0 spiro atoms. The zero-order valence-corrected chi connectivity index (χ0v) is 9.26. The molecule has 2 N–H and O–H groups in total. The van der Waals surface area contributed by atoms with Gasteiger partial charge in [0.15, 0.2) is 5.65 Å². The van der Waals surface area contributed by atoms with Crippen molar-refractivity contribution in [1.82, 2.24) is 19.5 Å². The molecule has 0 aliphatic rings. The largest absolute Gasteiger partial charge is 0.396 e. The lowest BCUT2D eigenvalue weighted by Crippen LogP contribution is -2.29. The van der Waals surface area contributed by atoms with E-state index in [4.69, 9.17) is 0 Å². The van der Waals surface area contributed by atoms with Crippen LogP contribution in [-0.2, 0) is 13.0 Å². The fourth-order valence-electron chi connectivity index (χ4n) is 1.66. The predicted octanol–water partition coefficient (Wildman–Crippen LogP) is 0.538. The van der Waals surface area contributed by atoms with Crippen LogP contribution in [0.25, 0.3) is 11.2 Å². The van der Waals surface area contributed by atoms with E-state index in [9.17, 15) is 22.8 Å². The normalized spacial score (nSPS) is 12.2. The average molecular weight is 262 g/mol. The van der Waals surface area contributed by atoms with E-state index < -0.39 is 29.7 Å². The second-order valence-corrected chi connectivity index (χ2v) is 3.68. The van der Waals surface area contributed by atoms with Crippen LogP contribution in [0.2, 0.25) is 0 Å². The lowest BCUT2D eigenvalue weighted by atomic mass is 10.4. The molecular weight excluding hydrogens is 253 g/mol. The number of nitrogens with one attached hydrogen (secondary N) is 2. The van der Waals surface area contributed by atoms with Crippen molar-refractivity contribution in [2.45, 2.75) is 26.1 Å². The summed E-state index contributed by atoms with van der Waals surface area (Å²) in [6, 6.07) is 0. The second-order valence-electron chi connectivity index (χ2n) is 3.68. The highest BCUT2D eigenvalue weighted by Gasteiger charge is 2.30. The maximum Gasteiger partial charge on any atom is 0.396 e. The lowest BCUT2D eigenvalue weighted by molar-refractivity contribution is -0.128. The first-order valence-electron chi connectivity index (χ1n) is 5.10. The Morgan fingerprint density at radius 1 is 1.28 bits per heavy atom. The number of aromatic nitrogens is 4. The van der Waals surface area contributed by atoms with Gasteiger partial charge in [0.05, 0.1) is 0 Å². The second kappa shape index (κ2) is 4.00. The van der Waals surface area contributed by atoms with Gasteiger partial charge in [-0.25, -0.2) is 9.78 Å². The zero-order chi connectivity index (χ0) is 13.5. The molecule has 0 fully saturated rings. The van der Waals surface area contributed by atoms with Crippen LogP contribution < -0.4 is 11.2 Å². The first kappa shape index (κ1) is 12.4.